The first kappa shape index (κ1) is 14.4. The Kier molecular flexibility index (Phi) is 5.04. The summed E-state index contributed by atoms with van der Waals surface area (Å²) in [6.07, 6.45) is 0.362. The summed E-state index contributed by atoms with van der Waals surface area (Å²) in [7, 11) is 1.56. The maximum atomic E-state index is 12.3. The van der Waals surface area contributed by atoms with Crippen molar-refractivity contribution in [3.05, 3.63) is 71.3 Å². The average Bonchev–Trinajstić information content (AvgIpc) is 2.48. The fourth-order valence-corrected chi connectivity index (χ4v) is 2.10. The summed E-state index contributed by atoms with van der Waals surface area (Å²) in [4.78, 5) is 17.3. The van der Waals surface area contributed by atoms with Gasteiger partial charge >= 0.3 is 0 Å². The number of ketones is 1. The molecule has 0 fully saturated rings. The van der Waals surface area contributed by atoms with Crippen molar-refractivity contribution in [1.29, 1.82) is 0 Å². The smallest absolute Gasteiger partial charge is 0.164 e. The lowest BCUT2D eigenvalue weighted by Crippen LogP contribution is -2.23. The molecular weight excluding hydrogens is 250 g/mol. The standard InChI is InChI=1S/C17H19NO2/c1-13-8-10-14(11-9-13)16(18-20-2)12-17(19)15-6-4-3-5-7-15/h3-11,16,18H,12H2,1-2H3/t16-/m0/s1. The average molecular weight is 269 g/mol. The molecule has 104 valence electrons. The van der Waals surface area contributed by atoms with Crippen LogP contribution in [0.5, 0.6) is 0 Å². The molecule has 0 spiro atoms. The molecule has 0 bridgehead atoms. The van der Waals surface area contributed by atoms with Crippen molar-refractivity contribution >= 4 is 5.78 Å². The maximum Gasteiger partial charge on any atom is 0.164 e. The Morgan fingerprint density at radius 3 is 2.35 bits per heavy atom. The molecule has 0 aliphatic heterocycles. The third-order valence-corrected chi connectivity index (χ3v) is 3.23. The fourth-order valence-electron chi connectivity index (χ4n) is 2.10. The van der Waals surface area contributed by atoms with Crippen LogP contribution in [-0.2, 0) is 4.84 Å². The first-order valence-electron chi connectivity index (χ1n) is 6.64. The van der Waals surface area contributed by atoms with E-state index in [1.807, 2.05) is 61.5 Å². The van der Waals surface area contributed by atoms with Crippen molar-refractivity contribution in [3.8, 4) is 0 Å². The van der Waals surface area contributed by atoms with Gasteiger partial charge in [-0.1, -0.05) is 60.2 Å². The van der Waals surface area contributed by atoms with E-state index in [0.717, 1.165) is 11.1 Å². The van der Waals surface area contributed by atoms with E-state index in [2.05, 4.69) is 5.48 Å². The Morgan fingerprint density at radius 2 is 1.75 bits per heavy atom. The number of carbonyl (C=O) groups is 1. The van der Waals surface area contributed by atoms with E-state index < -0.39 is 0 Å². The third-order valence-electron chi connectivity index (χ3n) is 3.23. The second-order valence-corrected chi connectivity index (χ2v) is 4.78. The minimum absolute atomic E-state index is 0.0979. The molecule has 0 aromatic heterocycles. The number of benzene rings is 2. The molecule has 2 aromatic rings. The van der Waals surface area contributed by atoms with E-state index in [4.69, 9.17) is 4.84 Å². The highest BCUT2D eigenvalue weighted by Crippen LogP contribution is 2.20. The molecule has 3 heteroatoms. The second-order valence-electron chi connectivity index (χ2n) is 4.78. The second kappa shape index (κ2) is 6.98. The zero-order valence-electron chi connectivity index (χ0n) is 11.8. The van der Waals surface area contributed by atoms with Crippen LogP contribution in [0.25, 0.3) is 0 Å². The summed E-state index contributed by atoms with van der Waals surface area (Å²) in [5, 5.41) is 0. The molecule has 2 rings (SSSR count). The van der Waals surface area contributed by atoms with E-state index in [1.165, 1.54) is 5.56 Å². The first-order chi connectivity index (χ1) is 9.70. The number of aryl methyl sites for hydroxylation is 1. The van der Waals surface area contributed by atoms with Gasteiger partial charge in [-0.05, 0) is 12.5 Å². The molecule has 1 N–H and O–H groups in total. The lowest BCUT2D eigenvalue weighted by atomic mass is 9.98. The molecule has 20 heavy (non-hydrogen) atoms. The van der Waals surface area contributed by atoms with Gasteiger partial charge in [0.05, 0.1) is 13.2 Å². The number of hydrogen-bond acceptors (Lipinski definition) is 3. The predicted octanol–water partition coefficient (Wildman–Crippen LogP) is 3.46. The van der Waals surface area contributed by atoms with Crippen LogP contribution in [0.3, 0.4) is 0 Å². The zero-order valence-corrected chi connectivity index (χ0v) is 11.8. The minimum atomic E-state index is -0.145. The van der Waals surface area contributed by atoms with Gasteiger partial charge in [0.1, 0.15) is 0 Å². The van der Waals surface area contributed by atoms with Crippen molar-refractivity contribution < 1.29 is 9.63 Å². The molecule has 2 aromatic carbocycles. The molecule has 0 amide bonds. The first-order valence-corrected chi connectivity index (χ1v) is 6.64. The van der Waals surface area contributed by atoms with Crippen molar-refractivity contribution in [1.82, 2.24) is 5.48 Å². The Labute approximate surface area is 119 Å². The molecule has 0 saturated heterocycles. The molecule has 3 nitrogen and oxygen atoms in total. The van der Waals surface area contributed by atoms with Crippen LogP contribution >= 0.6 is 0 Å². The summed E-state index contributed by atoms with van der Waals surface area (Å²) in [5.74, 6) is 0.0979. The fraction of sp³-hybridized carbons (Fsp3) is 0.235. The Bertz CT molecular complexity index is 549. The summed E-state index contributed by atoms with van der Waals surface area (Å²) in [6, 6.07) is 17.3. The van der Waals surface area contributed by atoms with Crippen LogP contribution in [-0.4, -0.2) is 12.9 Å². The summed E-state index contributed by atoms with van der Waals surface area (Å²) in [6.45, 7) is 2.04. The van der Waals surface area contributed by atoms with Gasteiger partial charge in [-0.25, -0.2) is 0 Å². The molecule has 0 heterocycles. The molecule has 0 radical (unpaired) electrons. The topological polar surface area (TPSA) is 38.3 Å². The van der Waals surface area contributed by atoms with Gasteiger partial charge in [0.15, 0.2) is 5.78 Å². The van der Waals surface area contributed by atoms with Crippen molar-refractivity contribution in [2.24, 2.45) is 0 Å². The van der Waals surface area contributed by atoms with Crippen molar-refractivity contribution in [2.75, 3.05) is 7.11 Å². The number of hydrogen-bond donors (Lipinski definition) is 1. The SMILES string of the molecule is CON[C@@H](CC(=O)c1ccccc1)c1ccc(C)cc1. The number of nitrogens with one attached hydrogen (secondary N) is 1. The minimum Gasteiger partial charge on any atom is -0.305 e. The van der Waals surface area contributed by atoms with E-state index in [9.17, 15) is 4.79 Å². The van der Waals surface area contributed by atoms with Crippen molar-refractivity contribution in [2.45, 2.75) is 19.4 Å². The molecule has 0 aliphatic rings. The zero-order chi connectivity index (χ0) is 14.4. The van der Waals surface area contributed by atoms with E-state index in [1.54, 1.807) is 7.11 Å². The van der Waals surface area contributed by atoms with Crippen LogP contribution in [0.1, 0.15) is 33.9 Å². The summed E-state index contributed by atoms with van der Waals surface area (Å²) < 4.78 is 0. The Balaban J connectivity index is 2.13. The van der Waals surface area contributed by atoms with Gasteiger partial charge in [0, 0.05) is 12.0 Å². The number of rotatable bonds is 6. The van der Waals surface area contributed by atoms with Gasteiger partial charge in [-0.2, -0.15) is 5.48 Å². The quantitative estimate of drug-likeness (QED) is 0.644. The third kappa shape index (κ3) is 3.76. The Hall–Kier alpha value is -1.97. The van der Waals surface area contributed by atoms with Crippen LogP contribution in [0.4, 0.5) is 0 Å². The molecule has 0 aliphatic carbocycles. The van der Waals surface area contributed by atoms with Crippen LogP contribution < -0.4 is 5.48 Å². The lowest BCUT2D eigenvalue weighted by Gasteiger charge is -2.17. The highest BCUT2D eigenvalue weighted by Gasteiger charge is 2.16. The normalized spacial score (nSPS) is 12.1. The maximum absolute atomic E-state index is 12.3. The Morgan fingerprint density at radius 1 is 1.10 bits per heavy atom. The van der Waals surface area contributed by atoms with E-state index in [-0.39, 0.29) is 11.8 Å². The van der Waals surface area contributed by atoms with Gasteiger partial charge < -0.3 is 4.84 Å². The highest BCUT2D eigenvalue weighted by molar-refractivity contribution is 5.96. The monoisotopic (exact) mass is 269 g/mol. The number of Topliss-reactive ketones (excluding diaryl/α,β-unsaturated/α-hetero) is 1. The molecular formula is C17H19NO2. The van der Waals surface area contributed by atoms with Gasteiger partial charge in [-0.3, -0.25) is 4.79 Å². The largest absolute Gasteiger partial charge is 0.305 e. The van der Waals surface area contributed by atoms with E-state index >= 15 is 0 Å². The molecule has 1 atom stereocenters. The van der Waals surface area contributed by atoms with Crippen molar-refractivity contribution in [3.63, 3.8) is 0 Å². The molecule has 0 unspecified atom stereocenters. The van der Waals surface area contributed by atoms with Gasteiger partial charge in [-0.15, -0.1) is 0 Å². The molecule has 0 saturated carbocycles. The van der Waals surface area contributed by atoms with Crippen LogP contribution in [0.15, 0.2) is 54.6 Å². The number of carbonyl (C=O) groups excluding carboxylic acids is 1. The van der Waals surface area contributed by atoms with E-state index in [0.29, 0.717) is 6.42 Å². The highest BCUT2D eigenvalue weighted by atomic mass is 16.6. The van der Waals surface area contributed by atoms with Gasteiger partial charge in [0.2, 0.25) is 0 Å². The summed E-state index contributed by atoms with van der Waals surface area (Å²) in [5.41, 5.74) is 5.86. The predicted molar refractivity (Wildman–Crippen MR) is 79.5 cm³/mol. The van der Waals surface area contributed by atoms with Crippen LogP contribution in [0, 0.1) is 6.92 Å². The van der Waals surface area contributed by atoms with Gasteiger partial charge in [0.25, 0.3) is 0 Å². The number of hydroxylamine groups is 1. The lowest BCUT2D eigenvalue weighted by molar-refractivity contribution is 0.0545. The summed E-state index contributed by atoms with van der Waals surface area (Å²) >= 11 is 0. The van der Waals surface area contributed by atoms with Crippen LogP contribution in [0.2, 0.25) is 0 Å².